The molecule has 106 valence electrons. The molecule has 0 saturated carbocycles. The molecule has 0 bridgehead atoms. The zero-order valence-electron chi connectivity index (χ0n) is 12.1. The monoisotopic (exact) mass is 271 g/mol. The molecule has 1 aliphatic rings. The Bertz CT molecular complexity index is 604. The minimum Gasteiger partial charge on any atom is -0.369 e. The fourth-order valence-corrected chi connectivity index (χ4v) is 2.87. The molecule has 3 heterocycles. The molecule has 2 aromatic heterocycles. The molecular weight excluding hydrogens is 250 g/mol. The van der Waals surface area contributed by atoms with Crippen LogP contribution in [0.25, 0.3) is 11.0 Å². The van der Waals surface area contributed by atoms with Crippen molar-refractivity contribution in [3.05, 3.63) is 23.7 Å². The Morgan fingerprint density at radius 1 is 1.25 bits per heavy atom. The van der Waals surface area contributed by atoms with Crippen LogP contribution >= 0.6 is 0 Å². The summed E-state index contributed by atoms with van der Waals surface area (Å²) in [4.78, 5) is 13.2. The van der Waals surface area contributed by atoms with E-state index in [1.807, 2.05) is 6.92 Å². The Morgan fingerprint density at radius 2 is 2.05 bits per heavy atom. The molecule has 1 fully saturated rings. The highest BCUT2D eigenvalue weighted by molar-refractivity contribution is 5.89. The van der Waals surface area contributed by atoms with Crippen LogP contribution in [0.15, 0.2) is 12.4 Å². The maximum atomic E-state index is 4.49. The number of hydrogen-bond donors (Lipinski definition) is 2. The van der Waals surface area contributed by atoms with Gasteiger partial charge in [-0.15, -0.1) is 0 Å². The van der Waals surface area contributed by atoms with Crippen LogP contribution in [0.1, 0.15) is 24.1 Å². The first-order chi connectivity index (χ1) is 9.74. The zero-order chi connectivity index (χ0) is 13.9. The van der Waals surface area contributed by atoms with Gasteiger partial charge in [-0.3, -0.25) is 0 Å². The van der Waals surface area contributed by atoms with Crippen molar-refractivity contribution in [2.75, 3.05) is 25.0 Å². The van der Waals surface area contributed by atoms with Gasteiger partial charge in [0.1, 0.15) is 12.1 Å². The van der Waals surface area contributed by atoms with Crippen LogP contribution < -0.4 is 10.6 Å². The highest BCUT2D eigenvalue weighted by Gasteiger charge is 2.14. The molecule has 0 amide bonds. The van der Waals surface area contributed by atoms with E-state index in [1.165, 1.54) is 18.4 Å². The second-order valence-corrected chi connectivity index (χ2v) is 5.58. The maximum absolute atomic E-state index is 4.49. The van der Waals surface area contributed by atoms with E-state index < -0.39 is 0 Å². The topological polar surface area (TPSA) is 62.7 Å². The molecule has 1 saturated heterocycles. The number of pyridine rings is 1. The van der Waals surface area contributed by atoms with Crippen LogP contribution in [-0.4, -0.2) is 34.6 Å². The lowest BCUT2D eigenvalue weighted by Gasteiger charge is -2.23. The summed E-state index contributed by atoms with van der Waals surface area (Å²) in [6.45, 7) is 7.31. The van der Waals surface area contributed by atoms with Crippen molar-refractivity contribution < 1.29 is 0 Å². The van der Waals surface area contributed by atoms with Gasteiger partial charge in [-0.1, -0.05) is 0 Å². The van der Waals surface area contributed by atoms with E-state index in [1.54, 1.807) is 6.33 Å². The fraction of sp³-hybridized carbons (Fsp3) is 0.533. The van der Waals surface area contributed by atoms with Gasteiger partial charge in [0, 0.05) is 12.2 Å². The highest BCUT2D eigenvalue weighted by atomic mass is 15.0. The minimum atomic E-state index is 0.722. The van der Waals surface area contributed by atoms with Crippen molar-refractivity contribution in [1.82, 2.24) is 20.3 Å². The molecule has 0 spiro atoms. The number of aryl methyl sites for hydroxylation is 2. The molecule has 1 aliphatic heterocycles. The molecule has 0 radical (unpaired) electrons. The Labute approximate surface area is 119 Å². The summed E-state index contributed by atoms with van der Waals surface area (Å²) in [5.41, 5.74) is 2.96. The SMILES string of the molecule is Cc1cc(C)c2c(NCC3CCNCC3)ncnc2n1. The van der Waals surface area contributed by atoms with E-state index in [9.17, 15) is 0 Å². The summed E-state index contributed by atoms with van der Waals surface area (Å²) in [5, 5.41) is 7.94. The van der Waals surface area contributed by atoms with Gasteiger partial charge in [0.05, 0.1) is 5.39 Å². The first kappa shape index (κ1) is 13.2. The molecule has 2 N–H and O–H groups in total. The average molecular weight is 271 g/mol. The second-order valence-electron chi connectivity index (χ2n) is 5.58. The second kappa shape index (κ2) is 5.71. The van der Waals surface area contributed by atoms with Crippen LogP contribution in [0.5, 0.6) is 0 Å². The van der Waals surface area contributed by atoms with E-state index >= 15 is 0 Å². The van der Waals surface area contributed by atoms with E-state index in [0.717, 1.165) is 48.1 Å². The Morgan fingerprint density at radius 3 is 2.85 bits per heavy atom. The molecule has 0 aliphatic carbocycles. The standard InChI is InChI=1S/C15H21N5/c1-10-7-11(2)20-15-13(10)14(18-9-19-15)17-8-12-3-5-16-6-4-12/h7,9,12,16H,3-6,8H2,1-2H3,(H,17,18,19,20). The highest BCUT2D eigenvalue weighted by Crippen LogP contribution is 2.23. The number of piperidine rings is 1. The number of nitrogens with zero attached hydrogens (tertiary/aromatic N) is 3. The van der Waals surface area contributed by atoms with Gasteiger partial charge in [-0.25, -0.2) is 15.0 Å². The van der Waals surface area contributed by atoms with Crippen molar-refractivity contribution in [1.29, 1.82) is 0 Å². The molecule has 20 heavy (non-hydrogen) atoms. The van der Waals surface area contributed by atoms with Gasteiger partial charge in [0.25, 0.3) is 0 Å². The maximum Gasteiger partial charge on any atom is 0.165 e. The van der Waals surface area contributed by atoms with Crippen LogP contribution in [0.2, 0.25) is 0 Å². The van der Waals surface area contributed by atoms with E-state index in [-0.39, 0.29) is 0 Å². The summed E-state index contributed by atoms with van der Waals surface area (Å²) < 4.78 is 0. The van der Waals surface area contributed by atoms with Gasteiger partial charge in [-0.2, -0.15) is 0 Å². The first-order valence-corrected chi connectivity index (χ1v) is 7.27. The predicted octanol–water partition coefficient (Wildman–Crippen LogP) is 2.05. The van der Waals surface area contributed by atoms with Crippen LogP contribution in [0.4, 0.5) is 5.82 Å². The third kappa shape index (κ3) is 2.72. The van der Waals surface area contributed by atoms with Gasteiger partial charge in [-0.05, 0) is 57.3 Å². The van der Waals surface area contributed by atoms with Crippen molar-refractivity contribution in [2.24, 2.45) is 5.92 Å². The molecule has 5 heteroatoms. The number of hydrogen-bond acceptors (Lipinski definition) is 5. The zero-order valence-corrected chi connectivity index (χ0v) is 12.1. The average Bonchev–Trinajstić information content (AvgIpc) is 2.45. The minimum absolute atomic E-state index is 0.722. The predicted molar refractivity (Wildman–Crippen MR) is 80.9 cm³/mol. The quantitative estimate of drug-likeness (QED) is 0.894. The number of rotatable bonds is 3. The molecule has 0 atom stereocenters. The molecule has 5 nitrogen and oxygen atoms in total. The van der Waals surface area contributed by atoms with E-state index in [2.05, 4.69) is 38.6 Å². The molecule has 2 aromatic rings. The third-order valence-electron chi connectivity index (χ3n) is 3.95. The summed E-state index contributed by atoms with van der Waals surface area (Å²) in [7, 11) is 0. The molecule has 0 unspecified atom stereocenters. The fourth-order valence-electron chi connectivity index (χ4n) is 2.87. The molecular formula is C15H21N5. The first-order valence-electron chi connectivity index (χ1n) is 7.27. The van der Waals surface area contributed by atoms with Gasteiger partial charge >= 0.3 is 0 Å². The van der Waals surface area contributed by atoms with Crippen LogP contribution in [0, 0.1) is 19.8 Å². The summed E-state index contributed by atoms with van der Waals surface area (Å²) in [6, 6.07) is 2.08. The van der Waals surface area contributed by atoms with E-state index in [4.69, 9.17) is 0 Å². The van der Waals surface area contributed by atoms with E-state index in [0.29, 0.717) is 0 Å². The van der Waals surface area contributed by atoms with Crippen molar-refractivity contribution >= 4 is 16.9 Å². The van der Waals surface area contributed by atoms with Crippen molar-refractivity contribution in [2.45, 2.75) is 26.7 Å². The van der Waals surface area contributed by atoms with Crippen LogP contribution in [0.3, 0.4) is 0 Å². The van der Waals surface area contributed by atoms with Gasteiger partial charge in [0.15, 0.2) is 5.65 Å². The Hall–Kier alpha value is -1.75. The lowest BCUT2D eigenvalue weighted by atomic mass is 9.98. The summed E-state index contributed by atoms with van der Waals surface area (Å²) in [6.07, 6.45) is 4.05. The van der Waals surface area contributed by atoms with Crippen molar-refractivity contribution in [3.63, 3.8) is 0 Å². The number of fused-ring (bicyclic) bond motifs is 1. The Kier molecular flexibility index (Phi) is 3.78. The van der Waals surface area contributed by atoms with Crippen LogP contribution in [-0.2, 0) is 0 Å². The molecule has 0 aromatic carbocycles. The van der Waals surface area contributed by atoms with Crippen molar-refractivity contribution in [3.8, 4) is 0 Å². The summed E-state index contributed by atoms with van der Waals surface area (Å²) in [5.74, 6) is 1.64. The lowest BCUT2D eigenvalue weighted by Crippen LogP contribution is -2.31. The normalized spacial score (nSPS) is 16.5. The Balaban J connectivity index is 1.83. The third-order valence-corrected chi connectivity index (χ3v) is 3.95. The smallest absolute Gasteiger partial charge is 0.165 e. The number of anilines is 1. The largest absolute Gasteiger partial charge is 0.369 e. The van der Waals surface area contributed by atoms with Gasteiger partial charge < -0.3 is 10.6 Å². The molecule has 3 rings (SSSR count). The number of nitrogens with one attached hydrogen (secondary N) is 2. The lowest BCUT2D eigenvalue weighted by molar-refractivity contribution is 0.389. The summed E-state index contributed by atoms with van der Waals surface area (Å²) >= 11 is 0. The number of aromatic nitrogens is 3. The van der Waals surface area contributed by atoms with Gasteiger partial charge in [0.2, 0.25) is 0 Å².